The number of hydrogen-bond acceptors (Lipinski definition) is 3. The van der Waals surface area contributed by atoms with Crippen LogP contribution in [0, 0.1) is 0 Å². The average molecular weight is 361 g/mol. The molecule has 7 heteroatoms. The van der Waals surface area contributed by atoms with Crippen LogP contribution in [0.3, 0.4) is 0 Å². The molecule has 2 aromatic rings. The van der Waals surface area contributed by atoms with Crippen molar-refractivity contribution < 1.29 is 18.0 Å². The smallest absolute Gasteiger partial charge is 0.376 e. The van der Waals surface area contributed by atoms with Crippen molar-refractivity contribution in [3.8, 4) is 0 Å². The molecule has 1 aliphatic carbocycles. The van der Waals surface area contributed by atoms with Crippen LogP contribution in [0.5, 0.6) is 0 Å². The zero-order valence-electron chi connectivity index (χ0n) is 13.9. The summed E-state index contributed by atoms with van der Waals surface area (Å²) in [7, 11) is 0. The van der Waals surface area contributed by atoms with Crippen molar-refractivity contribution in [1.29, 1.82) is 0 Å². The van der Waals surface area contributed by atoms with E-state index in [1.54, 1.807) is 0 Å². The van der Waals surface area contributed by atoms with Crippen LogP contribution in [-0.4, -0.2) is 18.2 Å². The quantitative estimate of drug-likeness (QED) is 0.810. The number of benzene rings is 2. The van der Waals surface area contributed by atoms with Gasteiger partial charge < -0.3 is 5.32 Å². The van der Waals surface area contributed by atoms with Crippen molar-refractivity contribution >= 4 is 17.3 Å². The standard InChI is InChI=1S/C19H18F3N3O/c20-19(21,22)14-7-4-8-15(11-14)23-12-18(26)25-24-17-10-3-6-13-5-1-2-9-16(13)17/h1-2,4-5,7-9,11,23H,3,6,10,12H2,(H,25,26)/b24-17+. The second-order valence-electron chi connectivity index (χ2n) is 6.04. The molecular weight excluding hydrogens is 343 g/mol. The van der Waals surface area contributed by atoms with Gasteiger partial charge in [-0.25, -0.2) is 5.43 Å². The maximum absolute atomic E-state index is 12.7. The molecule has 0 spiro atoms. The van der Waals surface area contributed by atoms with Crippen molar-refractivity contribution in [2.45, 2.75) is 25.4 Å². The molecule has 136 valence electrons. The topological polar surface area (TPSA) is 53.5 Å². The number of halogens is 3. The van der Waals surface area contributed by atoms with Crippen LogP contribution >= 0.6 is 0 Å². The van der Waals surface area contributed by atoms with Crippen LogP contribution in [0.15, 0.2) is 53.6 Å². The highest BCUT2D eigenvalue weighted by atomic mass is 19.4. The highest BCUT2D eigenvalue weighted by molar-refractivity contribution is 6.03. The molecule has 0 atom stereocenters. The number of alkyl halides is 3. The first-order chi connectivity index (χ1) is 12.4. The van der Waals surface area contributed by atoms with Crippen LogP contribution in [0.4, 0.5) is 18.9 Å². The fourth-order valence-electron chi connectivity index (χ4n) is 2.87. The van der Waals surface area contributed by atoms with Crippen LogP contribution in [0.25, 0.3) is 0 Å². The molecule has 0 aromatic heterocycles. The van der Waals surface area contributed by atoms with Crippen molar-refractivity contribution in [2.24, 2.45) is 5.10 Å². The number of aryl methyl sites for hydroxylation is 1. The number of hydrazone groups is 1. The number of hydrogen-bond donors (Lipinski definition) is 2. The van der Waals surface area contributed by atoms with Gasteiger partial charge in [-0.1, -0.05) is 30.3 Å². The molecule has 0 radical (unpaired) electrons. The number of nitrogens with one attached hydrogen (secondary N) is 2. The molecule has 0 saturated carbocycles. The molecule has 26 heavy (non-hydrogen) atoms. The second-order valence-corrected chi connectivity index (χ2v) is 6.04. The molecule has 0 fully saturated rings. The van der Waals surface area contributed by atoms with E-state index in [0.29, 0.717) is 0 Å². The van der Waals surface area contributed by atoms with E-state index >= 15 is 0 Å². The number of carbonyl (C=O) groups excluding carboxylic acids is 1. The van der Waals surface area contributed by atoms with Crippen LogP contribution < -0.4 is 10.7 Å². The lowest BCUT2D eigenvalue weighted by molar-refractivity contribution is -0.137. The van der Waals surface area contributed by atoms with E-state index in [1.165, 1.54) is 17.7 Å². The molecule has 2 N–H and O–H groups in total. The Kier molecular flexibility index (Phi) is 5.25. The van der Waals surface area contributed by atoms with Crippen LogP contribution in [0.2, 0.25) is 0 Å². The summed E-state index contributed by atoms with van der Waals surface area (Å²) in [5, 5.41) is 6.87. The molecular formula is C19H18F3N3O. The van der Waals surface area contributed by atoms with E-state index in [9.17, 15) is 18.0 Å². The minimum atomic E-state index is -4.42. The average Bonchev–Trinajstić information content (AvgIpc) is 2.64. The lowest BCUT2D eigenvalue weighted by atomic mass is 9.90. The summed E-state index contributed by atoms with van der Waals surface area (Å²) in [6.45, 7) is -0.167. The Morgan fingerprint density at radius 3 is 2.69 bits per heavy atom. The summed E-state index contributed by atoms with van der Waals surface area (Å²) >= 11 is 0. The minimum Gasteiger partial charge on any atom is -0.376 e. The Morgan fingerprint density at radius 1 is 1.08 bits per heavy atom. The highest BCUT2D eigenvalue weighted by Crippen LogP contribution is 2.30. The van der Waals surface area contributed by atoms with Crippen molar-refractivity contribution in [3.05, 3.63) is 65.2 Å². The molecule has 0 unspecified atom stereocenters. The number of amides is 1. The Bertz CT molecular complexity index is 831. The van der Waals surface area contributed by atoms with E-state index in [2.05, 4.69) is 15.8 Å². The molecule has 0 aliphatic heterocycles. The van der Waals surface area contributed by atoms with Crippen molar-refractivity contribution in [2.75, 3.05) is 11.9 Å². The molecule has 2 aromatic carbocycles. The molecule has 0 heterocycles. The fraction of sp³-hybridized carbons (Fsp3) is 0.263. The van der Waals surface area contributed by atoms with Gasteiger partial charge in [-0.05, 0) is 43.0 Å². The van der Waals surface area contributed by atoms with Gasteiger partial charge in [-0.2, -0.15) is 18.3 Å². The minimum absolute atomic E-state index is 0.167. The van der Waals surface area contributed by atoms with Gasteiger partial charge in [0.1, 0.15) is 0 Å². The first kappa shape index (κ1) is 18.0. The third kappa shape index (κ3) is 4.41. The number of fused-ring (bicyclic) bond motifs is 1. The predicted molar refractivity (Wildman–Crippen MR) is 94.0 cm³/mol. The van der Waals surface area contributed by atoms with E-state index in [4.69, 9.17) is 0 Å². The Hall–Kier alpha value is -2.83. The largest absolute Gasteiger partial charge is 0.416 e. The van der Waals surface area contributed by atoms with Crippen LogP contribution in [-0.2, 0) is 17.4 Å². The molecule has 1 aliphatic rings. The lowest BCUT2D eigenvalue weighted by Gasteiger charge is -2.17. The Morgan fingerprint density at radius 2 is 1.88 bits per heavy atom. The zero-order chi connectivity index (χ0) is 18.6. The van der Waals surface area contributed by atoms with E-state index in [0.717, 1.165) is 42.7 Å². The van der Waals surface area contributed by atoms with Gasteiger partial charge >= 0.3 is 6.18 Å². The van der Waals surface area contributed by atoms with Gasteiger partial charge in [0.2, 0.25) is 0 Å². The summed E-state index contributed by atoms with van der Waals surface area (Å²) in [5.74, 6) is -0.419. The third-order valence-corrected chi connectivity index (χ3v) is 4.15. The fourth-order valence-corrected chi connectivity index (χ4v) is 2.87. The second kappa shape index (κ2) is 7.59. The number of carbonyl (C=O) groups is 1. The third-order valence-electron chi connectivity index (χ3n) is 4.15. The first-order valence-electron chi connectivity index (χ1n) is 8.28. The maximum atomic E-state index is 12.7. The lowest BCUT2D eigenvalue weighted by Crippen LogP contribution is -2.28. The first-order valence-corrected chi connectivity index (χ1v) is 8.28. The predicted octanol–water partition coefficient (Wildman–Crippen LogP) is 3.97. The van der Waals surface area contributed by atoms with Gasteiger partial charge in [0, 0.05) is 11.3 Å². The Balaban J connectivity index is 1.59. The number of anilines is 1. The molecule has 1 amide bonds. The van der Waals surface area contributed by atoms with Crippen molar-refractivity contribution in [3.63, 3.8) is 0 Å². The van der Waals surface area contributed by atoms with E-state index in [-0.39, 0.29) is 12.2 Å². The monoisotopic (exact) mass is 361 g/mol. The van der Waals surface area contributed by atoms with Crippen LogP contribution in [0.1, 0.15) is 29.5 Å². The zero-order valence-corrected chi connectivity index (χ0v) is 13.9. The van der Waals surface area contributed by atoms with E-state index in [1.807, 2.05) is 24.3 Å². The SMILES string of the molecule is O=C(CNc1cccc(C(F)(F)F)c1)N/N=C1\CCCc2ccccc21. The number of nitrogens with zero attached hydrogens (tertiary/aromatic N) is 1. The summed E-state index contributed by atoms with van der Waals surface area (Å²) in [4.78, 5) is 11.9. The van der Waals surface area contributed by atoms with Gasteiger partial charge in [0.05, 0.1) is 17.8 Å². The normalized spacial score (nSPS) is 15.4. The Labute approximate surface area is 149 Å². The summed E-state index contributed by atoms with van der Waals surface area (Å²) < 4.78 is 38.1. The molecule has 0 bridgehead atoms. The summed E-state index contributed by atoms with van der Waals surface area (Å²) in [5.41, 5.74) is 4.99. The van der Waals surface area contributed by atoms with E-state index < -0.39 is 17.6 Å². The van der Waals surface area contributed by atoms with Gasteiger partial charge in [0.15, 0.2) is 0 Å². The molecule has 0 saturated heterocycles. The molecule has 3 rings (SSSR count). The van der Waals surface area contributed by atoms with Gasteiger partial charge in [0.25, 0.3) is 5.91 Å². The summed E-state index contributed by atoms with van der Waals surface area (Å²) in [6, 6.07) is 12.6. The summed E-state index contributed by atoms with van der Waals surface area (Å²) in [6.07, 6.45) is -1.69. The highest BCUT2D eigenvalue weighted by Gasteiger charge is 2.30. The van der Waals surface area contributed by atoms with Gasteiger partial charge in [-0.3, -0.25) is 4.79 Å². The molecule has 4 nitrogen and oxygen atoms in total. The van der Waals surface area contributed by atoms with Crippen molar-refractivity contribution in [1.82, 2.24) is 5.43 Å². The van der Waals surface area contributed by atoms with Gasteiger partial charge in [-0.15, -0.1) is 0 Å². The maximum Gasteiger partial charge on any atom is 0.416 e. The number of rotatable bonds is 4.